The molecule has 2 amide bonds. The van der Waals surface area contributed by atoms with Crippen molar-refractivity contribution in [3.8, 4) is 0 Å². The monoisotopic (exact) mass is 420 g/mol. The van der Waals surface area contributed by atoms with Crippen LogP contribution in [0.5, 0.6) is 0 Å². The third-order valence-corrected chi connectivity index (χ3v) is 5.29. The second kappa shape index (κ2) is 11.1. The van der Waals surface area contributed by atoms with Crippen LogP contribution in [-0.2, 0) is 22.6 Å². The lowest BCUT2D eigenvalue weighted by atomic mass is 10.1. The summed E-state index contributed by atoms with van der Waals surface area (Å²) in [4.78, 5) is 27.3. The number of nitrogens with zero attached hydrogens (tertiary/aromatic N) is 1. The van der Waals surface area contributed by atoms with Crippen molar-refractivity contribution in [2.24, 2.45) is 0 Å². The molecule has 2 aromatic rings. The number of carbonyl (C=O) groups is 2. The molecule has 1 unspecified atom stereocenters. The minimum Gasteiger partial charge on any atom is -0.354 e. The van der Waals surface area contributed by atoms with E-state index < -0.39 is 6.04 Å². The Bertz CT molecular complexity index is 776. The smallest absolute Gasteiger partial charge is 0.242 e. The average molecular weight is 421 g/mol. The number of hydrogen-bond acceptors (Lipinski definition) is 2. The number of amides is 2. The van der Waals surface area contributed by atoms with E-state index in [4.69, 9.17) is 23.2 Å². The normalized spacial score (nSPS) is 11.7. The Hall–Kier alpha value is -2.04. The predicted octanol–water partition coefficient (Wildman–Crippen LogP) is 4.87. The van der Waals surface area contributed by atoms with Gasteiger partial charge >= 0.3 is 0 Å². The molecule has 0 saturated carbocycles. The number of halogens is 2. The summed E-state index contributed by atoms with van der Waals surface area (Å²) in [6.07, 6.45) is 1.94. The molecule has 0 bridgehead atoms. The summed E-state index contributed by atoms with van der Waals surface area (Å²) in [5, 5.41) is 3.80. The van der Waals surface area contributed by atoms with E-state index >= 15 is 0 Å². The van der Waals surface area contributed by atoms with Crippen LogP contribution >= 0.6 is 23.2 Å². The minimum absolute atomic E-state index is 0.0396. The zero-order valence-electron chi connectivity index (χ0n) is 16.3. The third-order valence-electron chi connectivity index (χ3n) is 4.58. The lowest BCUT2D eigenvalue weighted by Crippen LogP contribution is -2.48. The van der Waals surface area contributed by atoms with Crippen molar-refractivity contribution in [3.05, 3.63) is 69.7 Å². The molecule has 0 saturated heterocycles. The van der Waals surface area contributed by atoms with Gasteiger partial charge in [0.1, 0.15) is 6.04 Å². The van der Waals surface area contributed by atoms with Crippen molar-refractivity contribution in [2.75, 3.05) is 6.54 Å². The van der Waals surface area contributed by atoms with Gasteiger partial charge in [-0.3, -0.25) is 9.59 Å². The Morgan fingerprint density at radius 3 is 2.29 bits per heavy atom. The van der Waals surface area contributed by atoms with Gasteiger partial charge in [-0.05, 0) is 36.6 Å². The molecule has 0 aliphatic heterocycles. The third kappa shape index (κ3) is 6.25. The van der Waals surface area contributed by atoms with Crippen LogP contribution in [0.15, 0.2) is 48.5 Å². The summed E-state index contributed by atoms with van der Waals surface area (Å²) in [6.45, 7) is 4.75. The van der Waals surface area contributed by atoms with Crippen LogP contribution in [0.25, 0.3) is 0 Å². The highest BCUT2D eigenvalue weighted by Crippen LogP contribution is 2.25. The van der Waals surface area contributed by atoms with E-state index in [1.807, 2.05) is 30.3 Å². The van der Waals surface area contributed by atoms with Crippen molar-refractivity contribution >= 4 is 35.0 Å². The summed E-state index contributed by atoms with van der Waals surface area (Å²) in [7, 11) is 0. The maximum Gasteiger partial charge on any atom is 0.242 e. The first-order valence-electron chi connectivity index (χ1n) is 9.48. The van der Waals surface area contributed by atoms with Gasteiger partial charge in [0, 0.05) is 23.1 Å². The van der Waals surface area contributed by atoms with Gasteiger partial charge in [0.25, 0.3) is 0 Å². The summed E-state index contributed by atoms with van der Waals surface area (Å²) < 4.78 is 0. The molecule has 0 aliphatic rings. The number of unbranched alkanes of at least 4 members (excludes halogenated alkanes) is 1. The van der Waals surface area contributed by atoms with Crippen LogP contribution < -0.4 is 5.32 Å². The molecule has 2 aromatic carbocycles. The molecule has 4 nitrogen and oxygen atoms in total. The molecule has 0 aromatic heterocycles. The average Bonchev–Trinajstić information content (AvgIpc) is 2.69. The molecule has 1 atom stereocenters. The molecule has 0 fully saturated rings. The standard InChI is InChI=1S/C22H26Cl2N2O2/c1-3-4-13-25-22(28)16(2)26(15-17-9-6-5-7-10-17)21(27)14-18-19(23)11-8-12-20(18)24/h5-12,16H,3-4,13-15H2,1-2H3,(H,25,28). The first kappa shape index (κ1) is 22.3. The fraction of sp³-hybridized carbons (Fsp3) is 0.364. The molecule has 0 aliphatic carbocycles. The van der Waals surface area contributed by atoms with Gasteiger partial charge < -0.3 is 10.2 Å². The Balaban J connectivity index is 2.21. The lowest BCUT2D eigenvalue weighted by molar-refractivity contribution is -0.140. The second-order valence-corrected chi connectivity index (χ2v) is 7.52. The van der Waals surface area contributed by atoms with Crippen LogP contribution in [0.2, 0.25) is 10.0 Å². The van der Waals surface area contributed by atoms with E-state index in [2.05, 4.69) is 12.2 Å². The maximum atomic E-state index is 13.1. The van der Waals surface area contributed by atoms with Gasteiger partial charge in [0.15, 0.2) is 0 Å². The predicted molar refractivity (Wildman–Crippen MR) is 115 cm³/mol. The van der Waals surface area contributed by atoms with E-state index in [9.17, 15) is 9.59 Å². The molecule has 150 valence electrons. The Labute approximate surface area is 176 Å². The van der Waals surface area contributed by atoms with Gasteiger partial charge in [-0.2, -0.15) is 0 Å². The molecule has 0 radical (unpaired) electrons. The fourth-order valence-electron chi connectivity index (χ4n) is 2.85. The number of benzene rings is 2. The van der Waals surface area contributed by atoms with Crippen LogP contribution in [0.1, 0.15) is 37.8 Å². The van der Waals surface area contributed by atoms with Crippen LogP contribution in [-0.4, -0.2) is 29.3 Å². The van der Waals surface area contributed by atoms with E-state index in [0.717, 1.165) is 18.4 Å². The zero-order chi connectivity index (χ0) is 20.5. The molecule has 6 heteroatoms. The van der Waals surface area contributed by atoms with E-state index in [0.29, 0.717) is 28.7 Å². The number of rotatable bonds is 9. The highest BCUT2D eigenvalue weighted by Gasteiger charge is 2.27. The van der Waals surface area contributed by atoms with Crippen LogP contribution in [0.3, 0.4) is 0 Å². The molecular weight excluding hydrogens is 395 g/mol. The van der Waals surface area contributed by atoms with Crippen molar-refractivity contribution in [3.63, 3.8) is 0 Å². The molecule has 2 rings (SSSR count). The second-order valence-electron chi connectivity index (χ2n) is 6.70. The summed E-state index contributed by atoms with van der Waals surface area (Å²) in [5.41, 5.74) is 1.53. The van der Waals surface area contributed by atoms with Crippen LogP contribution in [0, 0.1) is 0 Å². The largest absolute Gasteiger partial charge is 0.354 e. The van der Waals surface area contributed by atoms with Crippen molar-refractivity contribution in [1.82, 2.24) is 10.2 Å². The lowest BCUT2D eigenvalue weighted by Gasteiger charge is -2.29. The topological polar surface area (TPSA) is 49.4 Å². The van der Waals surface area contributed by atoms with Gasteiger partial charge in [0.05, 0.1) is 6.42 Å². The summed E-state index contributed by atoms with van der Waals surface area (Å²) in [5.74, 6) is -0.361. The van der Waals surface area contributed by atoms with Crippen LogP contribution in [0.4, 0.5) is 0 Å². The minimum atomic E-state index is -0.606. The summed E-state index contributed by atoms with van der Waals surface area (Å²) >= 11 is 12.5. The first-order chi connectivity index (χ1) is 13.4. The highest BCUT2D eigenvalue weighted by atomic mass is 35.5. The van der Waals surface area contributed by atoms with Crippen molar-refractivity contribution in [1.29, 1.82) is 0 Å². The van der Waals surface area contributed by atoms with E-state index in [-0.39, 0.29) is 18.2 Å². The summed E-state index contributed by atoms with van der Waals surface area (Å²) in [6, 6.07) is 14.2. The van der Waals surface area contributed by atoms with Crippen molar-refractivity contribution < 1.29 is 9.59 Å². The van der Waals surface area contributed by atoms with Gasteiger partial charge in [0.2, 0.25) is 11.8 Å². The quantitative estimate of drug-likeness (QED) is 0.588. The molecular formula is C22H26Cl2N2O2. The van der Waals surface area contributed by atoms with Gasteiger partial charge in [-0.15, -0.1) is 0 Å². The first-order valence-corrected chi connectivity index (χ1v) is 10.2. The van der Waals surface area contributed by atoms with Crippen molar-refractivity contribution in [2.45, 2.75) is 45.7 Å². The number of hydrogen-bond donors (Lipinski definition) is 1. The Morgan fingerprint density at radius 1 is 1.04 bits per heavy atom. The Kier molecular flexibility index (Phi) is 8.81. The molecule has 1 N–H and O–H groups in total. The van der Waals surface area contributed by atoms with Gasteiger partial charge in [-0.1, -0.05) is 72.9 Å². The van der Waals surface area contributed by atoms with E-state index in [1.165, 1.54) is 0 Å². The molecule has 0 spiro atoms. The molecule has 28 heavy (non-hydrogen) atoms. The Morgan fingerprint density at radius 2 is 1.68 bits per heavy atom. The number of nitrogens with one attached hydrogen (secondary N) is 1. The number of carbonyl (C=O) groups excluding carboxylic acids is 2. The zero-order valence-corrected chi connectivity index (χ0v) is 17.8. The maximum absolute atomic E-state index is 13.1. The van der Waals surface area contributed by atoms with E-state index in [1.54, 1.807) is 30.0 Å². The fourth-order valence-corrected chi connectivity index (χ4v) is 3.38. The van der Waals surface area contributed by atoms with Gasteiger partial charge in [-0.25, -0.2) is 0 Å². The molecule has 0 heterocycles. The SMILES string of the molecule is CCCCNC(=O)C(C)N(Cc1ccccc1)C(=O)Cc1c(Cl)cccc1Cl. The highest BCUT2D eigenvalue weighted by molar-refractivity contribution is 6.36.